The molecule has 0 N–H and O–H groups in total. The SMILES string of the molecule is CC12C=Cc3ccccc3C1(C=O)S2. The van der Waals surface area contributed by atoms with Gasteiger partial charge in [-0.05, 0) is 18.1 Å². The van der Waals surface area contributed by atoms with Crippen molar-refractivity contribution in [3.05, 3.63) is 41.5 Å². The number of fused-ring (bicyclic) bond motifs is 3. The van der Waals surface area contributed by atoms with E-state index in [4.69, 9.17) is 0 Å². The Hall–Kier alpha value is -1.02. The van der Waals surface area contributed by atoms with Gasteiger partial charge in [-0.2, -0.15) is 0 Å². The van der Waals surface area contributed by atoms with Gasteiger partial charge in [0, 0.05) is 0 Å². The Balaban J connectivity index is 2.28. The van der Waals surface area contributed by atoms with Crippen LogP contribution in [0.3, 0.4) is 0 Å². The third-order valence-corrected chi connectivity index (χ3v) is 4.92. The first kappa shape index (κ1) is 8.30. The second kappa shape index (κ2) is 2.31. The summed E-state index contributed by atoms with van der Waals surface area (Å²) in [5.41, 5.74) is 2.35. The lowest BCUT2D eigenvalue weighted by atomic mass is 9.81. The average Bonchev–Trinajstić information content (AvgIpc) is 2.86. The number of carbonyl (C=O) groups excluding carboxylic acids is 1. The fraction of sp³-hybridized carbons (Fsp3) is 0.250. The fourth-order valence-corrected chi connectivity index (χ4v) is 3.55. The highest BCUT2D eigenvalue weighted by molar-refractivity contribution is 8.10. The van der Waals surface area contributed by atoms with E-state index in [2.05, 4.69) is 31.2 Å². The zero-order chi connectivity index (χ0) is 9.81. The molecule has 0 radical (unpaired) electrons. The summed E-state index contributed by atoms with van der Waals surface area (Å²) in [6, 6.07) is 8.14. The van der Waals surface area contributed by atoms with E-state index in [1.165, 1.54) is 11.1 Å². The number of benzene rings is 1. The van der Waals surface area contributed by atoms with Crippen LogP contribution < -0.4 is 0 Å². The Labute approximate surface area is 87.2 Å². The zero-order valence-electron chi connectivity index (χ0n) is 7.86. The third-order valence-electron chi connectivity index (χ3n) is 3.18. The summed E-state index contributed by atoms with van der Waals surface area (Å²) in [5.74, 6) is 0. The molecule has 0 bridgehead atoms. The molecule has 1 aliphatic heterocycles. The van der Waals surface area contributed by atoms with Crippen molar-refractivity contribution in [3.63, 3.8) is 0 Å². The molecule has 3 rings (SSSR count). The maximum atomic E-state index is 11.2. The van der Waals surface area contributed by atoms with E-state index in [-0.39, 0.29) is 9.49 Å². The van der Waals surface area contributed by atoms with Crippen LogP contribution >= 0.6 is 11.8 Å². The first-order valence-corrected chi connectivity index (χ1v) is 5.49. The van der Waals surface area contributed by atoms with Crippen molar-refractivity contribution in [3.8, 4) is 0 Å². The maximum absolute atomic E-state index is 11.2. The Morgan fingerprint density at radius 1 is 1.36 bits per heavy atom. The molecule has 2 aliphatic rings. The van der Waals surface area contributed by atoms with Crippen molar-refractivity contribution in [2.75, 3.05) is 0 Å². The Morgan fingerprint density at radius 2 is 2.14 bits per heavy atom. The summed E-state index contributed by atoms with van der Waals surface area (Å²) in [4.78, 5) is 11.2. The summed E-state index contributed by atoms with van der Waals surface area (Å²) >= 11 is 1.74. The van der Waals surface area contributed by atoms with Crippen LogP contribution in [0.4, 0.5) is 0 Å². The van der Waals surface area contributed by atoms with Gasteiger partial charge in [-0.25, -0.2) is 0 Å². The van der Waals surface area contributed by atoms with Gasteiger partial charge in [0.25, 0.3) is 0 Å². The monoisotopic (exact) mass is 202 g/mol. The van der Waals surface area contributed by atoms with Crippen LogP contribution in [-0.4, -0.2) is 11.0 Å². The largest absolute Gasteiger partial charge is 0.301 e. The molecule has 70 valence electrons. The lowest BCUT2D eigenvalue weighted by Gasteiger charge is -2.19. The van der Waals surface area contributed by atoms with Crippen molar-refractivity contribution in [1.82, 2.24) is 0 Å². The molecule has 1 aromatic carbocycles. The Bertz CT molecular complexity index is 451. The van der Waals surface area contributed by atoms with Gasteiger partial charge in [-0.15, -0.1) is 11.8 Å². The molecule has 1 aromatic rings. The van der Waals surface area contributed by atoms with Gasteiger partial charge in [0.1, 0.15) is 11.0 Å². The molecule has 1 heterocycles. The minimum atomic E-state index is -0.293. The summed E-state index contributed by atoms with van der Waals surface area (Å²) < 4.78 is -0.290. The van der Waals surface area contributed by atoms with Crippen LogP contribution in [0.5, 0.6) is 0 Å². The van der Waals surface area contributed by atoms with Gasteiger partial charge in [0.05, 0.1) is 4.75 Å². The lowest BCUT2D eigenvalue weighted by molar-refractivity contribution is -0.109. The average molecular weight is 202 g/mol. The van der Waals surface area contributed by atoms with Crippen LogP contribution in [0.1, 0.15) is 18.1 Å². The van der Waals surface area contributed by atoms with E-state index < -0.39 is 0 Å². The second-order valence-corrected chi connectivity index (χ2v) is 5.68. The number of aldehydes is 1. The van der Waals surface area contributed by atoms with Gasteiger partial charge >= 0.3 is 0 Å². The van der Waals surface area contributed by atoms with Crippen LogP contribution in [0.15, 0.2) is 30.3 Å². The number of rotatable bonds is 1. The van der Waals surface area contributed by atoms with Crippen molar-refractivity contribution < 1.29 is 4.79 Å². The van der Waals surface area contributed by atoms with E-state index in [0.29, 0.717) is 0 Å². The van der Waals surface area contributed by atoms with Gasteiger partial charge in [-0.1, -0.05) is 36.4 Å². The second-order valence-electron chi connectivity index (χ2n) is 3.98. The predicted molar refractivity (Wildman–Crippen MR) is 59.2 cm³/mol. The van der Waals surface area contributed by atoms with Crippen molar-refractivity contribution >= 4 is 24.1 Å². The van der Waals surface area contributed by atoms with E-state index in [1.807, 2.05) is 12.1 Å². The molecule has 0 aromatic heterocycles. The summed E-state index contributed by atoms with van der Waals surface area (Å²) in [7, 11) is 0. The van der Waals surface area contributed by atoms with Crippen LogP contribution in [0.2, 0.25) is 0 Å². The molecular formula is C12H10OS. The van der Waals surface area contributed by atoms with Gasteiger partial charge in [-0.3, -0.25) is 0 Å². The van der Waals surface area contributed by atoms with Gasteiger partial charge in [0.2, 0.25) is 0 Å². The molecule has 1 fully saturated rings. The highest BCUT2D eigenvalue weighted by Crippen LogP contribution is 2.71. The molecule has 2 atom stereocenters. The highest BCUT2D eigenvalue weighted by atomic mass is 32.2. The zero-order valence-corrected chi connectivity index (χ0v) is 8.67. The molecule has 0 amide bonds. The van der Waals surface area contributed by atoms with Crippen molar-refractivity contribution in [2.24, 2.45) is 0 Å². The third kappa shape index (κ3) is 0.758. The highest BCUT2D eigenvalue weighted by Gasteiger charge is 2.67. The summed E-state index contributed by atoms with van der Waals surface area (Å²) in [6.45, 7) is 2.12. The van der Waals surface area contributed by atoms with Crippen LogP contribution in [-0.2, 0) is 9.54 Å². The number of hydrogen-bond acceptors (Lipinski definition) is 2. The molecule has 2 heteroatoms. The first-order chi connectivity index (χ1) is 6.72. The first-order valence-electron chi connectivity index (χ1n) is 4.67. The molecule has 0 saturated carbocycles. The smallest absolute Gasteiger partial charge is 0.142 e. The maximum Gasteiger partial charge on any atom is 0.142 e. The minimum absolute atomic E-state index is 0.00308. The van der Waals surface area contributed by atoms with E-state index >= 15 is 0 Å². The normalized spacial score (nSPS) is 37.2. The lowest BCUT2D eigenvalue weighted by Crippen LogP contribution is -2.24. The number of hydrogen-bond donors (Lipinski definition) is 0. The van der Waals surface area contributed by atoms with Gasteiger partial charge in [0.15, 0.2) is 0 Å². The Kier molecular flexibility index (Phi) is 1.37. The van der Waals surface area contributed by atoms with Gasteiger partial charge < -0.3 is 4.79 Å². The standard InChI is InChI=1S/C12H10OS/c1-11-7-6-9-4-2-3-5-10(9)12(11,8-13)14-11/h2-8H,1H3. The molecule has 2 unspecified atom stereocenters. The van der Waals surface area contributed by atoms with Crippen molar-refractivity contribution in [1.29, 1.82) is 0 Å². The molecule has 1 saturated heterocycles. The quantitative estimate of drug-likeness (QED) is 0.514. The minimum Gasteiger partial charge on any atom is -0.301 e. The molecule has 1 nitrogen and oxygen atoms in total. The Morgan fingerprint density at radius 3 is 2.93 bits per heavy atom. The molecule has 14 heavy (non-hydrogen) atoms. The predicted octanol–water partition coefficient (Wildman–Crippen LogP) is 2.61. The molecular weight excluding hydrogens is 192 g/mol. The fourth-order valence-electron chi connectivity index (χ4n) is 2.22. The van der Waals surface area contributed by atoms with E-state index in [1.54, 1.807) is 11.8 Å². The topological polar surface area (TPSA) is 17.1 Å². The summed E-state index contributed by atoms with van der Waals surface area (Å²) in [6.07, 6.45) is 5.37. The van der Waals surface area contributed by atoms with E-state index in [0.717, 1.165) is 6.29 Å². The number of carbonyl (C=O) groups is 1. The molecule has 0 spiro atoms. The van der Waals surface area contributed by atoms with Crippen LogP contribution in [0, 0.1) is 0 Å². The number of thioether (sulfide) groups is 1. The van der Waals surface area contributed by atoms with Crippen molar-refractivity contribution in [2.45, 2.75) is 16.4 Å². The van der Waals surface area contributed by atoms with Crippen LogP contribution in [0.25, 0.3) is 6.08 Å². The summed E-state index contributed by atoms with van der Waals surface area (Å²) in [5, 5.41) is 0. The molecule has 1 aliphatic carbocycles. The van der Waals surface area contributed by atoms with E-state index in [9.17, 15) is 4.79 Å².